The number of furan rings is 1. The summed E-state index contributed by atoms with van der Waals surface area (Å²) < 4.78 is 5.35. The molecule has 4 heterocycles. The van der Waals surface area contributed by atoms with Crippen molar-refractivity contribution in [3.05, 3.63) is 65.9 Å². The Morgan fingerprint density at radius 1 is 1.11 bits per heavy atom. The zero-order chi connectivity index (χ0) is 18.9. The van der Waals surface area contributed by atoms with Crippen LogP contribution in [0.4, 0.5) is 0 Å². The van der Waals surface area contributed by atoms with E-state index in [-0.39, 0.29) is 0 Å². The van der Waals surface area contributed by atoms with Crippen molar-refractivity contribution >= 4 is 11.0 Å². The van der Waals surface area contributed by atoms with Gasteiger partial charge < -0.3 is 9.40 Å². The van der Waals surface area contributed by atoms with Gasteiger partial charge in [0.2, 0.25) is 0 Å². The van der Waals surface area contributed by atoms with Crippen molar-refractivity contribution in [1.82, 2.24) is 24.8 Å². The number of aryl methyl sites for hydroxylation is 1. The molecule has 1 fully saturated rings. The number of imidazole rings is 1. The third kappa shape index (κ3) is 3.31. The highest BCUT2D eigenvalue weighted by Gasteiger charge is 2.23. The molecule has 6 heteroatoms. The van der Waals surface area contributed by atoms with E-state index in [1.165, 1.54) is 5.56 Å². The molecule has 142 valence electrons. The molecule has 0 bridgehead atoms. The maximum Gasteiger partial charge on any atom is 0.195 e. The van der Waals surface area contributed by atoms with Gasteiger partial charge in [0.1, 0.15) is 5.82 Å². The molecule has 1 aromatic carbocycles. The van der Waals surface area contributed by atoms with Crippen LogP contribution < -0.4 is 0 Å². The fourth-order valence-electron chi connectivity index (χ4n) is 3.98. The monoisotopic (exact) mass is 373 g/mol. The third-order valence-electron chi connectivity index (χ3n) is 5.56. The second-order valence-electron chi connectivity index (χ2n) is 7.54. The van der Waals surface area contributed by atoms with Gasteiger partial charge in [0.15, 0.2) is 11.6 Å². The lowest BCUT2D eigenvalue weighted by Gasteiger charge is -2.30. The van der Waals surface area contributed by atoms with Crippen LogP contribution in [0, 0.1) is 6.92 Å². The molecule has 3 aromatic heterocycles. The molecule has 1 aliphatic heterocycles. The van der Waals surface area contributed by atoms with Gasteiger partial charge in [0.05, 0.1) is 17.3 Å². The van der Waals surface area contributed by atoms with E-state index in [1.54, 1.807) is 6.26 Å². The van der Waals surface area contributed by atoms with Crippen LogP contribution in [-0.2, 0) is 6.54 Å². The summed E-state index contributed by atoms with van der Waals surface area (Å²) in [5, 5.41) is 0. The first-order chi connectivity index (χ1) is 13.8. The summed E-state index contributed by atoms with van der Waals surface area (Å²) in [5.74, 6) is 2.97. The van der Waals surface area contributed by atoms with Crippen LogP contribution in [0.2, 0.25) is 0 Å². The molecule has 6 nitrogen and oxygen atoms in total. The molecule has 1 aliphatic rings. The summed E-state index contributed by atoms with van der Waals surface area (Å²) in [6.45, 7) is 5.11. The summed E-state index contributed by atoms with van der Waals surface area (Å²) in [6, 6.07) is 10.0. The molecule has 0 radical (unpaired) electrons. The van der Waals surface area contributed by atoms with Crippen LogP contribution >= 0.6 is 0 Å². The molecule has 0 saturated carbocycles. The van der Waals surface area contributed by atoms with Gasteiger partial charge in [-0.15, -0.1) is 0 Å². The lowest BCUT2D eigenvalue weighted by Crippen LogP contribution is -2.32. The van der Waals surface area contributed by atoms with Gasteiger partial charge in [0, 0.05) is 30.4 Å². The highest BCUT2D eigenvalue weighted by Crippen LogP contribution is 2.29. The third-order valence-corrected chi connectivity index (χ3v) is 5.56. The Balaban J connectivity index is 1.21. The summed E-state index contributed by atoms with van der Waals surface area (Å²) in [7, 11) is 0. The van der Waals surface area contributed by atoms with Crippen molar-refractivity contribution in [2.24, 2.45) is 0 Å². The Labute approximate surface area is 163 Å². The van der Waals surface area contributed by atoms with Gasteiger partial charge in [-0.05, 0) is 56.6 Å². The van der Waals surface area contributed by atoms with E-state index in [4.69, 9.17) is 9.40 Å². The molecule has 5 rings (SSSR count). The van der Waals surface area contributed by atoms with Crippen molar-refractivity contribution in [3.63, 3.8) is 0 Å². The van der Waals surface area contributed by atoms with Crippen LogP contribution in [-0.4, -0.2) is 37.9 Å². The summed E-state index contributed by atoms with van der Waals surface area (Å²) in [4.78, 5) is 19.7. The molecular formula is C22H23N5O. The van der Waals surface area contributed by atoms with Crippen LogP contribution in [0.15, 0.2) is 53.4 Å². The molecule has 0 atom stereocenters. The van der Waals surface area contributed by atoms with E-state index < -0.39 is 0 Å². The van der Waals surface area contributed by atoms with Gasteiger partial charge in [-0.3, -0.25) is 4.90 Å². The first kappa shape index (κ1) is 17.1. The van der Waals surface area contributed by atoms with Gasteiger partial charge in [-0.1, -0.05) is 12.1 Å². The van der Waals surface area contributed by atoms with E-state index in [1.807, 2.05) is 24.5 Å². The fourth-order valence-corrected chi connectivity index (χ4v) is 3.98. The molecule has 0 spiro atoms. The van der Waals surface area contributed by atoms with Gasteiger partial charge in [-0.25, -0.2) is 15.0 Å². The molecular weight excluding hydrogens is 350 g/mol. The first-order valence-corrected chi connectivity index (χ1v) is 9.78. The summed E-state index contributed by atoms with van der Waals surface area (Å²) in [6.07, 6.45) is 7.67. The Morgan fingerprint density at radius 3 is 2.64 bits per heavy atom. The highest BCUT2D eigenvalue weighted by atomic mass is 16.3. The Hall–Kier alpha value is -2.99. The van der Waals surface area contributed by atoms with Crippen molar-refractivity contribution in [3.8, 4) is 11.6 Å². The van der Waals surface area contributed by atoms with Gasteiger partial charge in [0.25, 0.3) is 0 Å². The van der Waals surface area contributed by atoms with Crippen molar-refractivity contribution in [1.29, 1.82) is 0 Å². The highest BCUT2D eigenvalue weighted by molar-refractivity contribution is 5.78. The number of hydrogen-bond donors (Lipinski definition) is 1. The number of piperidine rings is 1. The quantitative estimate of drug-likeness (QED) is 0.577. The SMILES string of the molecule is Cc1cccc2[nH]c(C3CCN(Cc4cnc(-c5ccco5)nc4)CC3)nc12. The summed E-state index contributed by atoms with van der Waals surface area (Å²) in [5.41, 5.74) is 4.61. The average molecular weight is 373 g/mol. The van der Waals surface area contributed by atoms with Crippen molar-refractivity contribution < 1.29 is 4.42 Å². The van der Waals surface area contributed by atoms with Crippen LogP contribution in [0.5, 0.6) is 0 Å². The van der Waals surface area contributed by atoms with Crippen LogP contribution in [0.3, 0.4) is 0 Å². The smallest absolute Gasteiger partial charge is 0.195 e. The Kier molecular flexibility index (Phi) is 4.41. The predicted octanol–water partition coefficient (Wildman–Crippen LogP) is 4.30. The number of nitrogens with one attached hydrogen (secondary N) is 1. The molecule has 0 amide bonds. The zero-order valence-electron chi connectivity index (χ0n) is 15.9. The Morgan fingerprint density at radius 2 is 1.93 bits per heavy atom. The number of para-hydroxylation sites is 1. The maximum absolute atomic E-state index is 5.35. The maximum atomic E-state index is 5.35. The Bertz CT molecular complexity index is 1060. The molecule has 0 aliphatic carbocycles. The second-order valence-corrected chi connectivity index (χ2v) is 7.54. The van der Waals surface area contributed by atoms with E-state index in [0.717, 1.165) is 54.9 Å². The zero-order valence-corrected chi connectivity index (χ0v) is 15.9. The first-order valence-electron chi connectivity index (χ1n) is 9.78. The number of rotatable bonds is 4. The number of aromatic nitrogens is 4. The van der Waals surface area contributed by atoms with E-state index in [0.29, 0.717) is 17.5 Å². The number of nitrogens with zero attached hydrogens (tertiary/aromatic N) is 4. The molecule has 1 N–H and O–H groups in total. The largest absolute Gasteiger partial charge is 0.461 e. The lowest BCUT2D eigenvalue weighted by atomic mass is 9.96. The van der Waals surface area contributed by atoms with E-state index in [2.05, 4.69) is 45.0 Å². The minimum Gasteiger partial charge on any atom is -0.461 e. The number of aromatic amines is 1. The topological polar surface area (TPSA) is 70.8 Å². The lowest BCUT2D eigenvalue weighted by molar-refractivity contribution is 0.202. The molecule has 4 aromatic rings. The normalized spacial score (nSPS) is 16.0. The molecule has 1 saturated heterocycles. The second kappa shape index (κ2) is 7.20. The standard InChI is InChI=1S/C22H23N5O/c1-15-4-2-5-18-20(15)26-21(25-18)17-7-9-27(10-8-17)14-16-12-23-22(24-13-16)19-6-3-11-28-19/h2-6,11-13,17H,7-10,14H2,1H3,(H,25,26). The van der Waals surface area contributed by atoms with Crippen LogP contribution in [0.1, 0.15) is 35.7 Å². The van der Waals surface area contributed by atoms with Gasteiger partial charge >= 0.3 is 0 Å². The number of benzene rings is 1. The number of likely N-dealkylation sites (tertiary alicyclic amines) is 1. The van der Waals surface area contributed by atoms with Crippen LogP contribution in [0.25, 0.3) is 22.6 Å². The van der Waals surface area contributed by atoms with E-state index >= 15 is 0 Å². The minimum atomic E-state index is 0.501. The summed E-state index contributed by atoms with van der Waals surface area (Å²) >= 11 is 0. The minimum absolute atomic E-state index is 0.501. The molecule has 28 heavy (non-hydrogen) atoms. The molecule has 0 unspecified atom stereocenters. The van der Waals surface area contributed by atoms with Gasteiger partial charge in [-0.2, -0.15) is 0 Å². The fraction of sp³-hybridized carbons (Fsp3) is 0.318. The van der Waals surface area contributed by atoms with E-state index in [9.17, 15) is 0 Å². The number of H-pyrrole nitrogens is 1. The number of hydrogen-bond acceptors (Lipinski definition) is 5. The van der Waals surface area contributed by atoms with Crippen molar-refractivity contribution in [2.75, 3.05) is 13.1 Å². The van der Waals surface area contributed by atoms with Crippen molar-refractivity contribution in [2.45, 2.75) is 32.2 Å². The predicted molar refractivity (Wildman–Crippen MR) is 108 cm³/mol. The number of fused-ring (bicyclic) bond motifs is 1. The average Bonchev–Trinajstić information content (AvgIpc) is 3.40.